The highest BCUT2D eigenvalue weighted by atomic mass is 16.5. The summed E-state index contributed by atoms with van der Waals surface area (Å²) >= 11 is 0. The topological polar surface area (TPSA) is 85.2 Å². The van der Waals surface area contributed by atoms with Gasteiger partial charge in [0.1, 0.15) is 11.6 Å². The molecule has 0 amide bonds. The molecule has 35 heavy (non-hydrogen) atoms. The predicted molar refractivity (Wildman–Crippen MR) is 138 cm³/mol. The van der Waals surface area contributed by atoms with Crippen molar-refractivity contribution in [1.82, 2.24) is 24.0 Å². The number of imidazole rings is 1. The molecule has 8 nitrogen and oxygen atoms in total. The Morgan fingerprint density at radius 2 is 1.69 bits per heavy atom. The van der Waals surface area contributed by atoms with Crippen LogP contribution in [-0.4, -0.2) is 38.2 Å². The van der Waals surface area contributed by atoms with E-state index in [0.29, 0.717) is 43.3 Å². The minimum atomic E-state index is -0.446. The number of H-pyrrole nitrogens is 1. The first kappa shape index (κ1) is 24.5. The SMILES string of the molecule is COc1ccc(CN(C)Cc2nc3c(c(=O)[nH]c(=O)n3Cc3ccccc3)n2CCC(C)C)cc1. The van der Waals surface area contributed by atoms with Gasteiger partial charge in [-0.1, -0.05) is 56.3 Å². The number of aromatic nitrogens is 4. The zero-order chi connectivity index (χ0) is 24.9. The molecule has 0 radical (unpaired) electrons. The molecule has 4 rings (SSSR count). The first-order chi connectivity index (χ1) is 16.9. The van der Waals surface area contributed by atoms with Crippen molar-refractivity contribution in [3.63, 3.8) is 0 Å². The third-order valence-electron chi connectivity index (χ3n) is 6.10. The zero-order valence-corrected chi connectivity index (χ0v) is 20.8. The van der Waals surface area contributed by atoms with Gasteiger partial charge in [-0.3, -0.25) is 19.2 Å². The second-order valence-electron chi connectivity index (χ2n) is 9.39. The quantitative estimate of drug-likeness (QED) is 0.379. The Labute approximate surface area is 204 Å². The van der Waals surface area contributed by atoms with Gasteiger partial charge in [0.05, 0.1) is 20.2 Å². The van der Waals surface area contributed by atoms with Crippen LogP contribution in [0.2, 0.25) is 0 Å². The van der Waals surface area contributed by atoms with Crippen LogP contribution >= 0.6 is 0 Å². The van der Waals surface area contributed by atoms with Gasteiger partial charge in [0, 0.05) is 13.1 Å². The van der Waals surface area contributed by atoms with Gasteiger partial charge in [0.2, 0.25) is 0 Å². The maximum Gasteiger partial charge on any atom is 0.330 e. The van der Waals surface area contributed by atoms with Gasteiger partial charge in [-0.15, -0.1) is 0 Å². The summed E-state index contributed by atoms with van der Waals surface area (Å²) in [6.07, 6.45) is 0.901. The van der Waals surface area contributed by atoms with E-state index in [1.54, 1.807) is 11.7 Å². The molecule has 0 fully saturated rings. The average Bonchev–Trinajstić information content (AvgIpc) is 3.19. The van der Waals surface area contributed by atoms with Gasteiger partial charge in [-0.2, -0.15) is 0 Å². The molecule has 0 saturated carbocycles. The standard InChI is InChI=1S/C27H33N5O3/c1-19(2)14-15-31-23(18-30(3)16-21-10-12-22(35-4)13-11-21)28-25-24(31)26(33)29-27(34)32(25)17-20-8-6-5-7-9-20/h5-13,19H,14-18H2,1-4H3,(H,29,33,34). The van der Waals surface area contributed by atoms with E-state index < -0.39 is 11.2 Å². The van der Waals surface area contributed by atoms with Crippen molar-refractivity contribution in [2.45, 2.75) is 46.4 Å². The molecule has 184 valence electrons. The highest BCUT2D eigenvalue weighted by Crippen LogP contribution is 2.18. The summed E-state index contributed by atoms with van der Waals surface area (Å²) < 4.78 is 8.80. The molecule has 8 heteroatoms. The van der Waals surface area contributed by atoms with Crippen molar-refractivity contribution in [2.24, 2.45) is 5.92 Å². The van der Waals surface area contributed by atoms with Gasteiger partial charge in [-0.05, 0) is 42.6 Å². The van der Waals surface area contributed by atoms with E-state index >= 15 is 0 Å². The van der Waals surface area contributed by atoms with Crippen molar-refractivity contribution < 1.29 is 4.74 Å². The fourth-order valence-electron chi connectivity index (χ4n) is 4.22. The number of fused-ring (bicyclic) bond motifs is 1. The molecule has 2 aromatic heterocycles. The lowest BCUT2D eigenvalue weighted by Crippen LogP contribution is -2.31. The first-order valence-corrected chi connectivity index (χ1v) is 11.9. The van der Waals surface area contributed by atoms with E-state index in [4.69, 9.17) is 9.72 Å². The van der Waals surface area contributed by atoms with Crippen molar-refractivity contribution in [3.05, 3.63) is 92.4 Å². The lowest BCUT2D eigenvalue weighted by atomic mass is 10.1. The second kappa shape index (κ2) is 10.7. The number of hydrogen-bond donors (Lipinski definition) is 1. The summed E-state index contributed by atoms with van der Waals surface area (Å²) in [7, 11) is 3.68. The molecule has 0 spiro atoms. The Morgan fingerprint density at radius 1 is 0.971 bits per heavy atom. The molecule has 0 atom stereocenters. The number of nitrogens with zero attached hydrogens (tertiary/aromatic N) is 4. The van der Waals surface area contributed by atoms with E-state index in [1.165, 1.54) is 0 Å². The summed E-state index contributed by atoms with van der Waals surface area (Å²) in [5.41, 5.74) is 2.16. The minimum absolute atomic E-state index is 0.343. The Morgan fingerprint density at radius 3 is 2.34 bits per heavy atom. The Balaban J connectivity index is 1.72. The normalized spacial score (nSPS) is 11.6. The van der Waals surface area contributed by atoms with Gasteiger partial charge in [0.15, 0.2) is 11.2 Å². The van der Waals surface area contributed by atoms with Crippen LogP contribution in [0.1, 0.15) is 37.2 Å². The van der Waals surface area contributed by atoms with Crippen molar-refractivity contribution in [3.8, 4) is 5.75 Å². The maximum absolute atomic E-state index is 13.0. The molecule has 0 aliphatic heterocycles. The highest BCUT2D eigenvalue weighted by Gasteiger charge is 2.20. The Kier molecular flexibility index (Phi) is 7.51. The number of nitrogens with one attached hydrogen (secondary N) is 1. The fraction of sp³-hybridized carbons (Fsp3) is 0.370. The molecule has 0 saturated heterocycles. The largest absolute Gasteiger partial charge is 0.497 e. The van der Waals surface area contributed by atoms with Gasteiger partial charge in [0.25, 0.3) is 5.56 Å². The maximum atomic E-state index is 13.0. The molecular weight excluding hydrogens is 442 g/mol. The summed E-state index contributed by atoms with van der Waals surface area (Å²) in [5, 5.41) is 0. The molecule has 0 aliphatic rings. The van der Waals surface area contributed by atoms with Gasteiger partial charge < -0.3 is 9.30 Å². The van der Waals surface area contributed by atoms with E-state index in [1.807, 2.05) is 66.2 Å². The molecule has 1 N–H and O–H groups in total. The van der Waals surface area contributed by atoms with E-state index in [-0.39, 0.29) is 0 Å². The zero-order valence-electron chi connectivity index (χ0n) is 20.8. The van der Waals surface area contributed by atoms with Crippen molar-refractivity contribution >= 4 is 11.2 Å². The number of methoxy groups -OCH3 is 1. The molecule has 0 bridgehead atoms. The van der Waals surface area contributed by atoms with Crippen molar-refractivity contribution in [1.29, 1.82) is 0 Å². The second-order valence-corrected chi connectivity index (χ2v) is 9.39. The lowest BCUT2D eigenvalue weighted by molar-refractivity contribution is 0.304. The summed E-state index contributed by atoms with van der Waals surface area (Å²) in [6, 6.07) is 17.7. The van der Waals surface area contributed by atoms with Crippen LogP contribution in [0.4, 0.5) is 0 Å². The monoisotopic (exact) mass is 475 g/mol. The first-order valence-electron chi connectivity index (χ1n) is 11.9. The number of benzene rings is 2. The van der Waals surface area contributed by atoms with Crippen molar-refractivity contribution in [2.75, 3.05) is 14.2 Å². The van der Waals surface area contributed by atoms with Crippen LogP contribution < -0.4 is 16.0 Å². The molecule has 2 heterocycles. The van der Waals surface area contributed by atoms with E-state index in [2.05, 4.69) is 23.7 Å². The molecule has 0 aliphatic carbocycles. The molecular formula is C27H33N5O3. The van der Waals surface area contributed by atoms with Crippen LogP contribution in [-0.2, 0) is 26.2 Å². The lowest BCUT2D eigenvalue weighted by Gasteiger charge is -2.18. The number of hydrogen-bond acceptors (Lipinski definition) is 5. The summed E-state index contributed by atoms with van der Waals surface area (Å²) in [6.45, 7) is 6.57. The fourth-order valence-corrected chi connectivity index (χ4v) is 4.22. The minimum Gasteiger partial charge on any atom is -0.497 e. The van der Waals surface area contributed by atoms with E-state index in [9.17, 15) is 9.59 Å². The molecule has 0 unspecified atom stereocenters. The number of rotatable bonds is 10. The molecule has 4 aromatic rings. The summed E-state index contributed by atoms with van der Waals surface area (Å²) in [5.74, 6) is 2.06. The highest BCUT2D eigenvalue weighted by molar-refractivity contribution is 5.71. The average molecular weight is 476 g/mol. The van der Waals surface area contributed by atoms with Crippen LogP contribution in [0.5, 0.6) is 5.75 Å². The van der Waals surface area contributed by atoms with E-state index in [0.717, 1.165) is 29.1 Å². The van der Waals surface area contributed by atoms with Crippen LogP contribution in [0.25, 0.3) is 11.2 Å². The predicted octanol–water partition coefficient (Wildman–Crippen LogP) is 3.62. The number of aryl methyl sites for hydroxylation is 1. The van der Waals surface area contributed by atoms with Crippen LogP contribution in [0, 0.1) is 5.92 Å². The third kappa shape index (κ3) is 5.71. The molecule has 2 aromatic carbocycles. The summed E-state index contributed by atoms with van der Waals surface area (Å²) in [4.78, 5) is 35.3. The number of ether oxygens (including phenoxy) is 1. The number of aromatic amines is 1. The Bertz CT molecular complexity index is 1380. The smallest absolute Gasteiger partial charge is 0.330 e. The van der Waals surface area contributed by atoms with Crippen LogP contribution in [0.15, 0.2) is 64.2 Å². The van der Waals surface area contributed by atoms with Crippen LogP contribution in [0.3, 0.4) is 0 Å². The Hall–Kier alpha value is -3.65. The third-order valence-corrected chi connectivity index (χ3v) is 6.10. The van der Waals surface area contributed by atoms with Gasteiger partial charge in [-0.25, -0.2) is 9.78 Å². The van der Waals surface area contributed by atoms with Gasteiger partial charge >= 0.3 is 5.69 Å².